The minimum Gasteiger partial charge on any atom is -0.504 e. The van der Waals surface area contributed by atoms with Gasteiger partial charge in [-0.25, -0.2) is 0 Å². The topological polar surface area (TPSA) is 49.7 Å². The molecule has 0 fully saturated rings. The van der Waals surface area contributed by atoms with E-state index in [-0.39, 0.29) is 11.9 Å². The molecule has 3 nitrogen and oxygen atoms in total. The number of hydrogen-bond acceptors (Lipinski definition) is 3. The maximum atomic E-state index is 10.2. The van der Waals surface area contributed by atoms with Crippen molar-refractivity contribution < 1.29 is 14.9 Å². The molecule has 0 aliphatic carbocycles. The predicted molar refractivity (Wildman–Crippen MR) is 110 cm³/mol. The molecular weight excluding hydrogens is 324 g/mol. The van der Waals surface area contributed by atoms with Crippen molar-refractivity contribution in [2.24, 2.45) is 0 Å². The number of aromatic hydroxyl groups is 1. The number of methoxy groups -OCH3 is 1. The number of hydrogen-bond donors (Lipinski definition) is 2. The molecule has 3 heteroatoms. The molecule has 1 aromatic rings. The van der Waals surface area contributed by atoms with Gasteiger partial charge in [0.05, 0.1) is 13.2 Å². The first-order chi connectivity index (χ1) is 12.7. The summed E-state index contributed by atoms with van der Waals surface area (Å²) in [6.45, 7) is 2.27. The number of benzene rings is 1. The second-order valence-corrected chi connectivity index (χ2v) is 7.52. The third-order valence-electron chi connectivity index (χ3n) is 5.15. The normalized spacial score (nSPS) is 12.3. The highest BCUT2D eigenvalue weighted by Gasteiger charge is 2.07. The van der Waals surface area contributed by atoms with Gasteiger partial charge in [-0.05, 0) is 37.0 Å². The number of aliphatic hydroxyl groups excluding tert-OH is 1. The van der Waals surface area contributed by atoms with Crippen molar-refractivity contribution in [1.29, 1.82) is 0 Å². The maximum absolute atomic E-state index is 10.2. The van der Waals surface area contributed by atoms with Gasteiger partial charge in [-0.15, -0.1) is 0 Å². The molecule has 0 bridgehead atoms. The first-order valence-electron chi connectivity index (χ1n) is 10.7. The molecular formula is C23H40O3. The van der Waals surface area contributed by atoms with Gasteiger partial charge in [-0.1, -0.05) is 83.6 Å². The smallest absolute Gasteiger partial charge is 0.160 e. The number of phenols is 1. The van der Waals surface area contributed by atoms with Crippen LogP contribution in [0.25, 0.3) is 0 Å². The van der Waals surface area contributed by atoms with E-state index < -0.39 is 0 Å². The molecule has 0 aliphatic rings. The summed E-state index contributed by atoms with van der Waals surface area (Å²) in [5, 5.41) is 19.8. The fraction of sp³-hybridized carbons (Fsp3) is 0.739. The summed E-state index contributed by atoms with van der Waals surface area (Å²) >= 11 is 0. The van der Waals surface area contributed by atoms with Crippen LogP contribution >= 0.6 is 0 Å². The Hall–Kier alpha value is -1.22. The Kier molecular flexibility index (Phi) is 13.1. The van der Waals surface area contributed by atoms with Crippen LogP contribution in [-0.2, 0) is 6.42 Å². The molecule has 0 radical (unpaired) electrons. The lowest BCUT2D eigenvalue weighted by atomic mass is 10.0. The van der Waals surface area contributed by atoms with E-state index in [1.165, 1.54) is 64.2 Å². The highest BCUT2D eigenvalue weighted by atomic mass is 16.5. The summed E-state index contributed by atoms with van der Waals surface area (Å²) in [7, 11) is 1.56. The van der Waals surface area contributed by atoms with Gasteiger partial charge in [0.2, 0.25) is 0 Å². The van der Waals surface area contributed by atoms with Crippen molar-refractivity contribution in [3.63, 3.8) is 0 Å². The van der Waals surface area contributed by atoms with Crippen molar-refractivity contribution in [3.8, 4) is 11.5 Å². The van der Waals surface area contributed by atoms with E-state index in [1.807, 2.05) is 12.1 Å². The molecule has 1 rings (SSSR count). The number of aliphatic hydroxyl groups is 1. The Morgan fingerprint density at radius 2 is 1.42 bits per heavy atom. The summed E-state index contributed by atoms with van der Waals surface area (Å²) in [4.78, 5) is 0. The lowest BCUT2D eigenvalue weighted by molar-refractivity contribution is 0.151. The minimum absolute atomic E-state index is 0.165. The first kappa shape index (κ1) is 22.8. The van der Waals surface area contributed by atoms with Crippen LogP contribution < -0.4 is 4.74 Å². The van der Waals surface area contributed by atoms with Crippen molar-refractivity contribution in [2.75, 3.05) is 7.11 Å². The van der Waals surface area contributed by atoms with Gasteiger partial charge in [-0.2, -0.15) is 0 Å². The van der Waals surface area contributed by atoms with E-state index in [4.69, 9.17) is 4.74 Å². The molecule has 0 saturated heterocycles. The second-order valence-electron chi connectivity index (χ2n) is 7.52. The molecule has 0 amide bonds. The van der Waals surface area contributed by atoms with Gasteiger partial charge in [0.25, 0.3) is 0 Å². The summed E-state index contributed by atoms with van der Waals surface area (Å²) in [6.07, 6.45) is 17.0. The van der Waals surface area contributed by atoms with E-state index in [0.717, 1.165) is 31.2 Å². The number of rotatable bonds is 16. The maximum Gasteiger partial charge on any atom is 0.160 e. The van der Waals surface area contributed by atoms with E-state index in [1.54, 1.807) is 13.2 Å². The van der Waals surface area contributed by atoms with Crippen molar-refractivity contribution in [1.82, 2.24) is 0 Å². The molecule has 1 unspecified atom stereocenters. The standard InChI is InChI=1S/C23H40O3/c1-3-4-5-6-7-8-9-10-11-12-13-14-21(24)17-15-20-16-18-22(25)23(19-20)26-2/h16,18-19,21,24-25H,3-15,17H2,1-2H3. The van der Waals surface area contributed by atoms with Crippen LogP contribution in [0.3, 0.4) is 0 Å². The molecule has 0 aliphatic heterocycles. The number of aryl methyl sites for hydroxylation is 1. The van der Waals surface area contributed by atoms with Crippen molar-refractivity contribution in [3.05, 3.63) is 23.8 Å². The van der Waals surface area contributed by atoms with Crippen LogP contribution in [-0.4, -0.2) is 23.4 Å². The molecule has 150 valence electrons. The first-order valence-corrected chi connectivity index (χ1v) is 10.7. The Labute approximate surface area is 160 Å². The lowest BCUT2D eigenvalue weighted by Crippen LogP contribution is -2.07. The summed E-state index contributed by atoms with van der Waals surface area (Å²) in [5.74, 6) is 0.667. The molecule has 26 heavy (non-hydrogen) atoms. The van der Waals surface area contributed by atoms with Crippen molar-refractivity contribution >= 4 is 0 Å². The van der Waals surface area contributed by atoms with Gasteiger partial charge in [0.1, 0.15) is 0 Å². The van der Waals surface area contributed by atoms with Gasteiger partial charge < -0.3 is 14.9 Å². The van der Waals surface area contributed by atoms with Gasteiger partial charge in [0.15, 0.2) is 11.5 Å². The average Bonchev–Trinajstić information content (AvgIpc) is 2.65. The molecule has 0 aromatic heterocycles. The van der Waals surface area contributed by atoms with Gasteiger partial charge in [-0.3, -0.25) is 0 Å². The number of ether oxygens (including phenoxy) is 1. The SMILES string of the molecule is CCCCCCCCCCCCCC(O)CCc1ccc(O)c(OC)c1. The van der Waals surface area contributed by atoms with Crippen LogP contribution in [0.2, 0.25) is 0 Å². The van der Waals surface area contributed by atoms with E-state index in [9.17, 15) is 10.2 Å². The number of phenolic OH excluding ortho intramolecular Hbond substituents is 1. The van der Waals surface area contributed by atoms with Crippen molar-refractivity contribution in [2.45, 2.75) is 103 Å². The number of unbranched alkanes of at least 4 members (excludes halogenated alkanes) is 10. The Morgan fingerprint density at radius 3 is 2.00 bits per heavy atom. The van der Waals surface area contributed by atoms with Gasteiger partial charge >= 0.3 is 0 Å². The summed E-state index contributed by atoms with van der Waals surface area (Å²) in [6, 6.07) is 5.40. The van der Waals surface area contributed by atoms with Gasteiger partial charge in [0, 0.05) is 0 Å². The molecule has 0 heterocycles. The zero-order valence-electron chi connectivity index (χ0n) is 17.0. The highest BCUT2D eigenvalue weighted by molar-refractivity contribution is 5.41. The predicted octanol–water partition coefficient (Wildman–Crippen LogP) is 6.40. The third kappa shape index (κ3) is 10.7. The van der Waals surface area contributed by atoms with Crippen LogP contribution in [0.15, 0.2) is 18.2 Å². The molecule has 1 aromatic carbocycles. The second kappa shape index (κ2) is 14.9. The van der Waals surface area contributed by atoms with E-state index in [0.29, 0.717) is 5.75 Å². The monoisotopic (exact) mass is 364 g/mol. The summed E-state index contributed by atoms with van der Waals surface area (Å²) < 4.78 is 5.12. The summed E-state index contributed by atoms with van der Waals surface area (Å²) in [5.41, 5.74) is 1.10. The fourth-order valence-corrected chi connectivity index (χ4v) is 3.40. The third-order valence-corrected chi connectivity index (χ3v) is 5.15. The fourth-order valence-electron chi connectivity index (χ4n) is 3.40. The zero-order chi connectivity index (χ0) is 19.0. The average molecular weight is 365 g/mol. The Balaban J connectivity index is 1.98. The molecule has 2 N–H and O–H groups in total. The zero-order valence-corrected chi connectivity index (χ0v) is 17.0. The lowest BCUT2D eigenvalue weighted by Gasteiger charge is -2.11. The Bertz CT molecular complexity index is 459. The highest BCUT2D eigenvalue weighted by Crippen LogP contribution is 2.27. The van der Waals surface area contributed by atoms with Crippen LogP contribution in [0.5, 0.6) is 11.5 Å². The van der Waals surface area contributed by atoms with E-state index in [2.05, 4.69) is 6.92 Å². The molecule has 0 saturated carbocycles. The Morgan fingerprint density at radius 1 is 0.846 bits per heavy atom. The van der Waals surface area contributed by atoms with Crippen LogP contribution in [0.4, 0.5) is 0 Å². The quantitative estimate of drug-likeness (QED) is 0.334. The van der Waals surface area contributed by atoms with Crippen LogP contribution in [0.1, 0.15) is 96.0 Å². The molecule has 0 spiro atoms. The van der Waals surface area contributed by atoms with E-state index >= 15 is 0 Å². The largest absolute Gasteiger partial charge is 0.504 e. The minimum atomic E-state index is -0.228. The molecule has 1 atom stereocenters. The van der Waals surface area contributed by atoms with Crippen LogP contribution in [0, 0.1) is 0 Å².